The number of hydrogen-bond acceptors (Lipinski definition) is 4. The number of thiazole rings is 1. The number of fused-ring (bicyclic) bond motifs is 1. The molecule has 1 aromatic carbocycles. The van der Waals surface area contributed by atoms with Crippen LogP contribution in [-0.4, -0.2) is 40.5 Å². The lowest BCUT2D eigenvalue weighted by atomic mass is 9.78. The van der Waals surface area contributed by atoms with E-state index in [1.54, 1.807) is 11.3 Å². The smallest absolute Gasteiger partial charge is 0.251 e. The number of piperidine rings is 1. The van der Waals surface area contributed by atoms with Gasteiger partial charge in [-0.3, -0.25) is 9.69 Å². The lowest BCUT2D eigenvalue weighted by Gasteiger charge is -2.47. The topological polar surface area (TPSA) is 45.2 Å². The molecule has 1 aliphatic carbocycles. The molecular formula is C21H29N3OS. The average Bonchev–Trinajstić information content (AvgIpc) is 2.97. The highest BCUT2D eigenvalue weighted by atomic mass is 32.1. The third-order valence-electron chi connectivity index (χ3n) is 5.87. The maximum atomic E-state index is 12.2. The third-order valence-corrected chi connectivity index (χ3v) is 7.05. The van der Waals surface area contributed by atoms with Crippen LogP contribution in [0.25, 0.3) is 10.2 Å². The molecule has 4 rings (SSSR count). The molecule has 1 atom stereocenters. The van der Waals surface area contributed by atoms with Crippen molar-refractivity contribution in [2.75, 3.05) is 6.54 Å². The number of carbonyl (C=O) groups is 1. The van der Waals surface area contributed by atoms with Crippen LogP contribution in [0.2, 0.25) is 0 Å². The number of benzene rings is 1. The van der Waals surface area contributed by atoms with E-state index in [0.717, 1.165) is 27.9 Å². The van der Waals surface area contributed by atoms with Crippen LogP contribution in [-0.2, 0) is 0 Å². The third kappa shape index (κ3) is 3.52. The summed E-state index contributed by atoms with van der Waals surface area (Å²) in [6.45, 7) is 7.62. The minimum Gasteiger partial charge on any atom is -0.350 e. The van der Waals surface area contributed by atoms with Gasteiger partial charge < -0.3 is 5.32 Å². The maximum Gasteiger partial charge on any atom is 0.251 e. The molecule has 1 amide bonds. The van der Waals surface area contributed by atoms with E-state index < -0.39 is 0 Å². The molecule has 2 fully saturated rings. The predicted octanol–water partition coefficient (Wildman–Crippen LogP) is 4.55. The normalized spacial score (nSPS) is 26.8. The number of nitrogens with zero attached hydrogens (tertiary/aromatic N) is 2. The number of nitrogens with one attached hydrogen (secondary N) is 1. The lowest BCUT2D eigenvalue weighted by Crippen LogP contribution is -2.50. The van der Waals surface area contributed by atoms with Gasteiger partial charge in [0.1, 0.15) is 0 Å². The summed E-state index contributed by atoms with van der Waals surface area (Å²) in [5.41, 5.74) is 1.76. The molecule has 0 bridgehead atoms. The summed E-state index contributed by atoms with van der Waals surface area (Å²) in [5.74, 6) is 0.596. The zero-order valence-corrected chi connectivity index (χ0v) is 16.8. The van der Waals surface area contributed by atoms with Gasteiger partial charge in [-0.25, -0.2) is 4.98 Å². The van der Waals surface area contributed by atoms with Crippen molar-refractivity contribution >= 4 is 27.5 Å². The van der Waals surface area contributed by atoms with Crippen LogP contribution in [0, 0.1) is 0 Å². The van der Waals surface area contributed by atoms with Crippen LogP contribution in [0.15, 0.2) is 18.2 Å². The summed E-state index contributed by atoms with van der Waals surface area (Å²) in [6.07, 6.45) is 6.57. The lowest BCUT2D eigenvalue weighted by molar-refractivity contribution is 0.0480. The molecular weight excluding hydrogens is 342 g/mol. The van der Waals surface area contributed by atoms with E-state index in [1.807, 2.05) is 32.0 Å². The maximum absolute atomic E-state index is 12.2. The Morgan fingerprint density at radius 3 is 2.85 bits per heavy atom. The Bertz CT molecular complexity index is 794. The number of amides is 1. The summed E-state index contributed by atoms with van der Waals surface area (Å²) in [4.78, 5) is 19.8. The van der Waals surface area contributed by atoms with Gasteiger partial charge in [0.15, 0.2) is 0 Å². The van der Waals surface area contributed by atoms with Crippen molar-refractivity contribution in [3.05, 3.63) is 28.8 Å². The van der Waals surface area contributed by atoms with Crippen LogP contribution < -0.4 is 5.32 Å². The van der Waals surface area contributed by atoms with Crippen molar-refractivity contribution in [3.8, 4) is 0 Å². The number of carbonyl (C=O) groups excluding carboxylic acids is 1. The fourth-order valence-electron chi connectivity index (χ4n) is 4.33. The highest BCUT2D eigenvalue weighted by Gasteiger charge is 2.38. The van der Waals surface area contributed by atoms with E-state index in [0.29, 0.717) is 5.92 Å². The molecule has 0 spiro atoms. The molecule has 5 heteroatoms. The van der Waals surface area contributed by atoms with Crippen molar-refractivity contribution in [2.24, 2.45) is 0 Å². The largest absolute Gasteiger partial charge is 0.350 e. The summed E-state index contributed by atoms with van der Waals surface area (Å²) in [5, 5.41) is 4.21. The molecule has 2 aliphatic rings. The molecule has 1 saturated carbocycles. The van der Waals surface area contributed by atoms with E-state index in [-0.39, 0.29) is 11.9 Å². The van der Waals surface area contributed by atoms with Gasteiger partial charge in [-0.15, -0.1) is 11.3 Å². The first-order chi connectivity index (χ1) is 12.5. The first-order valence-electron chi connectivity index (χ1n) is 9.98. The molecule has 1 N–H and O–H groups in total. The molecule has 1 saturated heterocycles. The molecule has 2 heterocycles. The van der Waals surface area contributed by atoms with Gasteiger partial charge in [-0.2, -0.15) is 0 Å². The molecule has 1 aromatic heterocycles. The van der Waals surface area contributed by atoms with Gasteiger partial charge in [0.05, 0.1) is 15.2 Å². The molecule has 2 aromatic rings. The second-order valence-electron chi connectivity index (χ2n) is 8.27. The summed E-state index contributed by atoms with van der Waals surface area (Å²) in [6, 6.07) is 7.52. The highest BCUT2D eigenvalue weighted by Crippen LogP contribution is 2.44. The van der Waals surface area contributed by atoms with E-state index in [4.69, 9.17) is 4.98 Å². The molecule has 4 nitrogen and oxygen atoms in total. The Kier molecular flexibility index (Phi) is 5.02. The Balaban J connectivity index is 1.44. The van der Waals surface area contributed by atoms with E-state index in [9.17, 15) is 4.79 Å². The van der Waals surface area contributed by atoms with Crippen LogP contribution in [0.4, 0.5) is 0 Å². The van der Waals surface area contributed by atoms with Gasteiger partial charge in [0.25, 0.3) is 5.91 Å². The fraction of sp³-hybridized carbons (Fsp3) is 0.619. The summed E-state index contributed by atoms with van der Waals surface area (Å²) >= 11 is 1.77. The molecule has 0 radical (unpaired) electrons. The zero-order chi connectivity index (χ0) is 18.3. The Morgan fingerprint density at radius 2 is 2.12 bits per heavy atom. The Labute approximate surface area is 160 Å². The van der Waals surface area contributed by atoms with E-state index in [2.05, 4.69) is 17.1 Å². The first-order valence-corrected chi connectivity index (χ1v) is 10.8. The Morgan fingerprint density at radius 1 is 1.31 bits per heavy atom. The van der Waals surface area contributed by atoms with Crippen LogP contribution >= 0.6 is 11.3 Å². The highest BCUT2D eigenvalue weighted by molar-refractivity contribution is 7.18. The van der Waals surface area contributed by atoms with Crippen molar-refractivity contribution in [2.45, 2.75) is 76.9 Å². The Hall–Kier alpha value is -1.46. The van der Waals surface area contributed by atoms with Crippen LogP contribution in [0.1, 0.15) is 74.2 Å². The second-order valence-corrected chi connectivity index (χ2v) is 9.33. The van der Waals surface area contributed by atoms with Crippen molar-refractivity contribution in [1.82, 2.24) is 15.2 Å². The average molecular weight is 372 g/mol. The summed E-state index contributed by atoms with van der Waals surface area (Å²) < 4.78 is 1.13. The van der Waals surface area contributed by atoms with Crippen molar-refractivity contribution < 1.29 is 4.79 Å². The van der Waals surface area contributed by atoms with Crippen LogP contribution in [0.3, 0.4) is 0 Å². The first kappa shape index (κ1) is 17.9. The van der Waals surface area contributed by atoms with E-state index >= 15 is 0 Å². The van der Waals surface area contributed by atoms with Gasteiger partial charge in [0, 0.05) is 29.6 Å². The number of aromatic nitrogens is 1. The monoisotopic (exact) mass is 371 g/mol. The van der Waals surface area contributed by atoms with Gasteiger partial charge in [-0.1, -0.05) is 6.42 Å². The van der Waals surface area contributed by atoms with Gasteiger partial charge in [-0.05, 0) is 71.2 Å². The number of rotatable bonds is 4. The summed E-state index contributed by atoms with van der Waals surface area (Å²) in [7, 11) is 0. The fourth-order valence-corrected chi connectivity index (χ4v) is 5.46. The molecule has 140 valence electrons. The molecule has 0 unspecified atom stereocenters. The standard InChI is InChI=1S/C21H29N3OS/c1-13(2)22-20(25)15-7-8-18-19(12-15)26-21(23-18)16-10-17(11-16)24-9-5-4-6-14(24)3/h7-8,12-14,16-17H,4-6,9-11H2,1-3H3,(H,22,25)/t14-,16?,17?/m0/s1. The SMILES string of the molecule is CC(C)NC(=O)c1ccc2nc(C3CC(N4CCCC[C@@H]4C)C3)sc2c1. The van der Waals surface area contributed by atoms with Gasteiger partial charge in [0.2, 0.25) is 0 Å². The predicted molar refractivity (Wildman–Crippen MR) is 108 cm³/mol. The zero-order valence-electron chi connectivity index (χ0n) is 16.0. The molecule has 1 aliphatic heterocycles. The van der Waals surface area contributed by atoms with Gasteiger partial charge >= 0.3 is 0 Å². The minimum atomic E-state index is -0.000329. The quantitative estimate of drug-likeness (QED) is 0.857. The second kappa shape index (κ2) is 7.28. The number of hydrogen-bond donors (Lipinski definition) is 1. The number of likely N-dealkylation sites (tertiary alicyclic amines) is 1. The minimum absolute atomic E-state index is 0.000329. The molecule has 26 heavy (non-hydrogen) atoms. The van der Waals surface area contributed by atoms with Crippen molar-refractivity contribution in [1.29, 1.82) is 0 Å². The van der Waals surface area contributed by atoms with Crippen molar-refractivity contribution in [3.63, 3.8) is 0 Å². The van der Waals surface area contributed by atoms with E-state index in [1.165, 1.54) is 43.7 Å². The van der Waals surface area contributed by atoms with Crippen LogP contribution in [0.5, 0.6) is 0 Å².